The predicted octanol–water partition coefficient (Wildman–Crippen LogP) is 7.02. The summed E-state index contributed by atoms with van der Waals surface area (Å²) >= 11 is 7.22. The van der Waals surface area contributed by atoms with Crippen LogP contribution >= 0.6 is 31.9 Å². The molecule has 0 amide bonds. The van der Waals surface area contributed by atoms with Crippen molar-refractivity contribution < 1.29 is 4.74 Å². The molecule has 0 heterocycles. The van der Waals surface area contributed by atoms with Gasteiger partial charge < -0.3 is 10.1 Å². The molecule has 0 fully saturated rings. The molecule has 4 heteroatoms. The summed E-state index contributed by atoms with van der Waals surface area (Å²) in [5.74, 6) is 0.870. The molecule has 3 rings (SSSR count). The average Bonchev–Trinajstić information content (AvgIpc) is 2.62. The Morgan fingerprint density at radius 2 is 1.69 bits per heavy atom. The quantitative estimate of drug-likeness (QED) is 0.414. The molecule has 0 saturated carbocycles. The van der Waals surface area contributed by atoms with Crippen molar-refractivity contribution in [2.45, 2.75) is 27.0 Å². The average molecular weight is 475 g/mol. The minimum absolute atomic E-state index is 0.539. The van der Waals surface area contributed by atoms with Gasteiger partial charge in [0.15, 0.2) is 0 Å². The fraction of sp³-hybridized carbons (Fsp3) is 0.182. The highest BCUT2D eigenvalue weighted by Crippen LogP contribution is 2.34. The van der Waals surface area contributed by atoms with Crippen LogP contribution in [0, 0.1) is 13.8 Å². The molecule has 0 saturated heterocycles. The van der Waals surface area contributed by atoms with Crippen LogP contribution in [-0.2, 0) is 13.2 Å². The SMILES string of the molecule is Cc1ccc(C)c(NCc2cc(Br)cc(Br)c2OCc2ccccc2)c1. The van der Waals surface area contributed by atoms with E-state index in [0.717, 1.165) is 31.5 Å². The van der Waals surface area contributed by atoms with Gasteiger partial charge in [-0.1, -0.05) is 58.4 Å². The molecule has 0 bridgehead atoms. The van der Waals surface area contributed by atoms with Gasteiger partial charge >= 0.3 is 0 Å². The molecular formula is C22H21Br2NO. The first-order valence-corrected chi connectivity index (χ1v) is 10.1. The number of halogens is 2. The first-order valence-electron chi connectivity index (χ1n) is 8.48. The van der Waals surface area contributed by atoms with Crippen LogP contribution in [-0.4, -0.2) is 0 Å². The second-order valence-electron chi connectivity index (χ2n) is 6.32. The fourth-order valence-corrected chi connectivity index (χ4v) is 4.18. The van der Waals surface area contributed by atoms with E-state index < -0.39 is 0 Å². The molecule has 0 spiro atoms. The Morgan fingerprint density at radius 3 is 2.46 bits per heavy atom. The lowest BCUT2D eigenvalue weighted by Crippen LogP contribution is -2.05. The Hall–Kier alpha value is -1.78. The van der Waals surface area contributed by atoms with Crippen molar-refractivity contribution in [3.05, 3.63) is 91.9 Å². The third kappa shape index (κ3) is 4.89. The number of rotatable bonds is 6. The number of nitrogens with one attached hydrogen (secondary N) is 1. The van der Waals surface area contributed by atoms with Crippen molar-refractivity contribution in [2.75, 3.05) is 5.32 Å². The number of hydrogen-bond acceptors (Lipinski definition) is 2. The topological polar surface area (TPSA) is 21.3 Å². The van der Waals surface area contributed by atoms with E-state index in [1.54, 1.807) is 0 Å². The van der Waals surface area contributed by atoms with E-state index in [1.165, 1.54) is 11.1 Å². The van der Waals surface area contributed by atoms with E-state index in [9.17, 15) is 0 Å². The smallest absolute Gasteiger partial charge is 0.139 e. The van der Waals surface area contributed by atoms with Crippen molar-refractivity contribution in [1.29, 1.82) is 0 Å². The standard InChI is InChI=1S/C22H21Br2NO/c1-15-8-9-16(2)21(10-15)25-13-18-11-19(23)12-20(24)22(18)26-14-17-6-4-3-5-7-17/h3-12,25H,13-14H2,1-2H3. The van der Waals surface area contributed by atoms with E-state index in [0.29, 0.717) is 13.2 Å². The fourth-order valence-electron chi connectivity index (χ4n) is 2.75. The molecule has 0 unspecified atom stereocenters. The van der Waals surface area contributed by atoms with Crippen LogP contribution in [0.15, 0.2) is 69.6 Å². The zero-order chi connectivity index (χ0) is 18.5. The Kier molecular flexibility index (Phi) is 6.38. The van der Waals surface area contributed by atoms with Gasteiger partial charge in [0.05, 0.1) is 4.47 Å². The van der Waals surface area contributed by atoms with Crippen LogP contribution in [0.3, 0.4) is 0 Å². The molecule has 26 heavy (non-hydrogen) atoms. The summed E-state index contributed by atoms with van der Waals surface area (Å²) in [6.45, 7) is 5.45. The van der Waals surface area contributed by atoms with Gasteiger partial charge in [0.1, 0.15) is 12.4 Å². The highest BCUT2D eigenvalue weighted by atomic mass is 79.9. The molecule has 0 aromatic heterocycles. The first kappa shape index (κ1) is 19.0. The molecule has 3 aromatic carbocycles. The van der Waals surface area contributed by atoms with E-state index in [4.69, 9.17) is 4.74 Å². The van der Waals surface area contributed by atoms with Crippen molar-refractivity contribution in [3.8, 4) is 5.75 Å². The van der Waals surface area contributed by atoms with Crippen LogP contribution in [0.2, 0.25) is 0 Å². The minimum atomic E-state index is 0.539. The summed E-state index contributed by atoms with van der Waals surface area (Å²) in [6.07, 6.45) is 0. The van der Waals surface area contributed by atoms with Gasteiger partial charge in [-0.25, -0.2) is 0 Å². The number of aryl methyl sites for hydroxylation is 2. The maximum atomic E-state index is 6.14. The van der Waals surface area contributed by atoms with Crippen LogP contribution in [0.4, 0.5) is 5.69 Å². The molecule has 0 aliphatic heterocycles. The molecule has 0 atom stereocenters. The van der Waals surface area contributed by atoms with Gasteiger partial charge in [0, 0.05) is 22.3 Å². The van der Waals surface area contributed by atoms with Crippen molar-refractivity contribution in [3.63, 3.8) is 0 Å². The van der Waals surface area contributed by atoms with Crippen molar-refractivity contribution >= 4 is 37.5 Å². The summed E-state index contributed by atoms with van der Waals surface area (Å²) in [5.41, 5.74) is 5.87. The molecule has 0 aliphatic rings. The van der Waals surface area contributed by atoms with E-state index in [2.05, 4.69) is 87.4 Å². The molecular weight excluding hydrogens is 454 g/mol. The largest absolute Gasteiger partial charge is 0.487 e. The number of hydrogen-bond donors (Lipinski definition) is 1. The second-order valence-corrected chi connectivity index (χ2v) is 8.09. The molecule has 134 valence electrons. The van der Waals surface area contributed by atoms with Crippen molar-refractivity contribution in [2.24, 2.45) is 0 Å². The van der Waals surface area contributed by atoms with Crippen LogP contribution in [0.5, 0.6) is 5.75 Å². The maximum absolute atomic E-state index is 6.14. The van der Waals surface area contributed by atoms with E-state index >= 15 is 0 Å². The molecule has 0 aliphatic carbocycles. The monoisotopic (exact) mass is 473 g/mol. The maximum Gasteiger partial charge on any atom is 0.139 e. The van der Waals surface area contributed by atoms with Gasteiger partial charge in [-0.15, -0.1) is 0 Å². The second kappa shape index (κ2) is 8.74. The van der Waals surface area contributed by atoms with E-state index in [-0.39, 0.29) is 0 Å². The van der Waals surface area contributed by atoms with Crippen LogP contribution < -0.4 is 10.1 Å². The lowest BCUT2D eigenvalue weighted by Gasteiger charge is -2.16. The Labute approximate surface area is 171 Å². The zero-order valence-electron chi connectivity index (χ0n) is 14.9. The lowest BCUT2D eigenvalue weighted by molar-refractivity contribution is 0.301. The summed E-state index contributed by atoms with van der Waals surface area (Å²) < 4.78 is 8.11. The number of ether oxygens (including phenoxy) is 1. The molecule has 0 radical (unpaired) electrons. The normalized spacial score (nSPS) is 10.6. The van der Waals surface area contributed by atoms with Crippen molar-refractivity contribution in [1.82, 2.24) is 0 Å². The predicted molar refractivity (Wildman–Crippen MR) is 116 cm³/mol. The third-order valence-electron chi connectivity index (χ3n) is 4.17. The van der Waals surface area contributed by atoms with Gasteiger partial charge in [-0.05, 0) is 64.7 Å². The summed E-state index contributed by atoms with van der Waals surface area (Å²) in [7, 11) is 0. The molecule has 1 N–H and O–H groups in total. The van der Waals surface area contributed by atoms with Gasteiger partial charge in [0.2, 0.25) is 0 Å². The lowest BCUT2D eigenvalue weighted by atomic mass is 10.1. The summed E-state index contributed by atoms with van der Waals surface area (Å²) in [4.78, 5) is 0. The van der Waals surface area contributed by atoms with Gasteiger partial charge in [-0.3, -0.25) is 0 Å². The summed E-state index contributed by atoms with van der Waals surface area (Å²) in [5, 5.41) is 3.54. The summed E-state index contributed by atoms with van der Waals surface area (Å²) in [6, 6.07) is 20.8. The van der Waals surface area contributed by atoms with Gasteiger partial charge in [-0.2, -0.15) is 0 Å². The van der Waals surface area contributed by atoms with Gasteiger partial charge in [0.25, 0.3) is 0 Å². The number of benzene rings is 3. The first-order chi connectivity index (χ1) is 12.5. The van der Waals surface area contributed by atoms with E-state index in [1.807, 2.05) is 24.3 Å². The molecule has 3 aromatic rings. The number of anilines is 1. The van der Waals surface area contributed by atoms with Crippen LogP contribution in [0.25, 0.3) is 0 Å². The molecule has 2 nitrogen and oxygen atoms in total. The minimum Gasteiger partial charge on any atom is -0.487 e. The highest BCUT2D eigenvalue weighted by Gasteiger charge is 2.11. The Balaban J connectivity index is 1.80. The Bertz CT molecular complexity index is 894. The Morgan fingerprint density at radius 1 is 0.923 bits per heavy atom. The highest BCUT2D eigenvalue weighted by molar-refractivity contribution is 9.11. The third-order valence-corrected chi connectivity index (χ3v) is 5.22. The zero-order valence-corrected chi connectivity index (χ0v) is 18.0. The van der Waals surface area contributed by atoms with Crippen LogP contribution in [0.1, 0.15) is 22.3 Å².